The summed E-state index contributed by atoms with van der Waals surface area (Å²) in [7, 11) is 0. The van der Waals surface area contributed by atoms with E-state index in [1.54, 1.807) is 0 Å². The quantitative estimate of drug-likeness (QED) is 0.828. The first kappa shape index (κ1) is 13.1. The normalized spacial score (nSPS) is 21.9. The van der Waals surface area contributed by atoms with Crippen molar-refractivity contribution in [2.45, 2.75) is 19.5 Å². The summed E-state index contributed by atoms with van der Waals surface area (Å²) < 4.78 is 0. The van der Waals surface area contributed by atoms with E-state index in [1.165, 1.54) is 5.56 Å². The lowest BCUT2D eigenvalue weighted by atomic mass is 10.0. The van der Waals surface area contributed by atoms with Crippen LogP contribution < -0.4 is 15.8 Å². The number of hydrazine groups is 1. The molecule has 1 atom stereocenters. The van der Waals surface area contributed by atoms with Crippen LogP contribution in [0.3, 0.4) is 0 Å². The molecular formula is C16H17N3S. The molecule has 4 heteroatoms. The number of thiocarbonyl (C=S) groups is 1. The molecule has 3 rings (SSSR count). The fourth-order valence-corrected chi connectivity index (χ4v) is 2.71. The molecule has 0 saturated carbocycles. The van der Waals surface area contributed by atoms with Gasteiger partial charge in [-0.2, -0.15) is 5.43 Å². The van der Waals surface area contributed by atoms with Gasteiger partial charge in [0.25, 0.3) is 0 Å². The predicted molar refractivity (Wildman–Crippen MR) is 86.3 cm³/mol. The number of nitrogens with zero attached hydrogens (tertiary/aromatic N) is 1. The Morgan fingerprint density at radius 3 is 2.30 bits per heavy atom. The maximum Gasteiger partial charge on any atom is 0.190 e. The molecule has 0 bridgehead atoms. The van der Waals surface area contributed by atoms with Crippen LogP contribution in [0.4, 0.5) is 5.69 Å². The zero-order valence-electron chi connectivity index (χ0n) is 11.6. The van der Waals surface area contributed by atoms with Crippen LogP contribution in [0.25, 0.3) is 0 Å². The Hall–Kier alpha value is -1.91. The lowest BCUT2D eigenvalue weighted by Gasteiger charge is -2.26. The van der Waals surface area contributed by atoms with E-state index < -0.39 is 0 Å². The van der Waals surface area contributed by atoms with Gasteiger partial charge in [0.2, 0.25) is 0 Å². The molecule has 2 N–H and O–H groups in total. The van der Waals surface area contributed by atoms with Gasteiger partial charge in [0.15, 0.2) is 5.11 Å². The van der Waals surface area contributed by atoms with E-state index in [0.29, 0.717) is 5.11 Å². The van der Waals surface area contributed by atoms with E-state index in [1.807, 2.05) is 23.2 Å². The second-order valence-corrected chi connectivity index (χ2v) is 5.59. The van der Waals surface area contributed by atoms with Crippen LogP contribution in [0.2, 0.25) is 0 Å². The number of anilines is 1. The third-order valence-electron chi connectivity index (χ3n) is 3.54. The molecule has 2 aromatic carbocycles. The molecule has 102 valence electrons. The minimum absolute atomic E-state index is 0.386. The van der Waals surface area contributed by atoms with Crippen LogP contribution >= 0.6 is 12.2 Å². The molecule has 1 heterocycles. The van der Waals surface area contributed by atoms with Crippen molar-refractivity contribution in [3.63, 3.8) is 0 Å². The Morgan fingerprint density at radius 2 is 1.65 bits per heavy atom. The molecule has 0 spiro atoms. The summed E-state index contributed by atoms with van der Waals surface area (Å²) in [5, 5.41) is 5.96. The molecule has 20 heavy (non-hydrogen) atoms. The van der Waals surface area contributed by atoms with Crippen LogP contribution in [0, 0.1) is 6.92 Å². The van der Waals surface area contributed by atoms with Crippen LogP contribution in [-0.2, 0) is 5.66 Å². The summed E-state index contributed by atoms with van der Waals surface area (Å²) in [6, 6.07) is 18.5. The van der Waals surface area contributed by atoms with Gasteiger partial charge in [-0.25, -0.2) is 5.01 Å². The van der Waals surface area contributed by atoms with Crippen LogP contribution in [-0.4, -0.2) is 5.11 Å². The molecule has 3 nitrogen and oxygen atoms in total. The van der Waals surface area contributed by atoms with Gasteiger partial charge in [0.05, 0.1) is 5.69 Å². The highest BCUT2D eigenvalue weighted by Crippen LogP contribution is 2.26. The third-order valence-corrected chi connectivity index (χ3v) is 3.82. The molecule has 1 aliphatic rings. The van der Waals surface area contributed by atoms with Gasteiger partial charge < -0.3 is 5.32 Å². The Balaban J connectivity index is 1.90. The van der Waals surface area contributed by atoms with Crippen molar-refractivity contribution >= 4 is 23.0 Å². The third kappa shape index (κ3) is 2.28. The minimum Gasteiger partial charge on any atom is -0.338 e. The highest BCUT2D eigenvalue weighted by Gasteiger charge is 2.37. The van der Waals surface area contributed by atoms with Crippen molar-refractivity contribution in [2.24, 2.45) is 0 Å². The fourth-order valence-electron chi connectivity index (χ4n) is 2.36. The molecule has 1 fully saturated rings. The SMILES string of the molecule is Cc1ccc(N2N[C@](C)(c3ccccc3)NC2=S)cc1. The second-order valence-electron chi connectivity index (χ2n) is 5.20. The van der Waals surface area contributed by atoms with Crippen LogP contribution in [0.1, 0.15) is 18.1 Å². The minimum atomic E-state index is -0.386. The topological polar surface area (TPSA) is 27.3 Å². The lowest BCUT2D eigenvalue weighted by Crippen LogP contribution is -2.45. The van der Waals surface area contributed by atoms with E-state index in [9.17, 15) is 0 Å². The van der Waals surface area contributed by atoms with Gasteiger partial charge in [0.1, 0.15) is 5.66 Å². The van der Waals surface area contributed by atoms with Gasteiger partial charge in [0, 0.05) is 0 Å². The first-order chi connectivity index (χ1) is 9.58. The standard InChI is InChI=1S/C16H17N3S/c1-12-8-10-14(11-9-12)19-15(20)17-16(2,18-19)13-6-4-3-5-7-13/h3-11,18H,1-2H3,(H,17,20)/t16-/m1/s1. The Kier molecular flexibility index (Phi) is 3.20. The monoisotopic (exact) mass is 283 g/mol. The van der Waals surface area contributed by atoms with E-state index in [-0.39, 0.29) is 5.66 Å². The first-order valence-electron chi connectivity index (χ1n) is 6.61. The maximum atomic E-state index is 5.46. The number of rotatable bonds is 2. The highest BCUT2D eigenvalue weighted by atomic mass is 32.1. The summed E-state index contributed by atoms with van der Waals surface area (Å²) in [4.78, 5) is 0. The van der Waals surface area contributed by atoms with Gasteiger partial charge >= 0.3 is 0 Å². The van der Waals surface area contributed by atoms with Crippen molar-refractivity contribution in [1.82, 2.24) is 10.7 Å². The number of hydrogen-bond donors (Lipinski definition) is 2. The molecule has 0 unspecified atom stereocenters. The van der Waals surface area contributed by atoms with E-state index in [4.69, 9.17) is 12.2 Å². The van der Waals surface area contributed by atoms with Crippen molar-refractivity contribution in [1.29, 1.82) is 0 Å². The van der Waals surface area contributed by atoms with Gasteiger partial charge in [-0.15, -0.1) is 0 Å². The molecule has 1 aliphatic heterocycles. The van der Waals surface area contributed by atoms with E-state index in [0.717, 1.165) is 11.3 Å². The maximum absolute atomic E-state index is 5.46. The summed E-state index contributed by atoms with van der Waals surface area (Å²) in [5.74, 6) is 0. The predicted octanol–water partition coefficient (Wildman–Crippen LogP) is 3.07. The van der Waals surface area contributed by atoms with Crippen molar-refractivity contribution in [2.75, 3.05) is 5.01 Å². The van der Waals surface area contributed by atoms with Crippen LogP contribution in [0.15, 0.2) is 54.6 Å². The van der Waals surface area contributed by atoms with Crippen molar-refractivity contribution in [3.05, 3.63) is 65.7 Å². The summed E-state index contributed by atoms with van der Waals surface area (Å²) >= 11 is 5.46. The van der Waals surface area contributed by atoms with Crippen LogP contribution in [0.5, 0.6) is 0 Å². The average molecular weight is 283 g/mol. The number of aryl methyl sites for hydroxylation is 1. The zero-order chi connectivity index (χ0) is 14.2. The van der Waals surface area contributed by atoms with Crippen molar-refractivity contribution < 1.29 is 0 Å². The fraction of sp³-hybridized carbons (Fsp3) is 0.188. The zero-order valence-corrected chi connectivity index (χ0v) is 12.4. The Morgan fingerprint density at radius 1 is 1.00 bits per heavy atom. The molecule has 2 aromatic rings. The Bertz CT molecular complexity index is 624. The van der Waals surface area contributed by atoms with Gasteiger partial charge in [-0.1, -0.05) is 48.0 Å². The molecule has 0 amide bonds. The molecule has 1 saturated heterocycles. The number of nitrogens with one attached hydrogen (secondary N) is 2. The summed E-state index contributed by atoms with van der Waals surface area (Å²) in [6.45, 7) is 4.16. The number of benzene rings is 2. The summed E-state index contributed by atoms with van der Waals surface area (Å²) in [6.07, 6.45) is 0. The highest BCUT2D eigenvalue weighted by molar-refractivity contribution is 7.80. The first-order valence-corrected chi connectivity index (χ1v) is 7.02. The number of hydrogen-bond acceptors (Lipinski definition) is 2. The van der Waals surface area contributed by atoms with Crippen molar-refractivity contribution in [3.8, 4) is 0 Å². The van der Waals surface area contributed by atoms with E-state index in [2.05, 4.69) is 61.0 Å². The summed E-state index contributed by atoms with van der Waals surface area (Å²) in [5.41, 5.74) is 6.48. The van der Waals surface area contributed by atoms with Gasteiger partial charge in [-0.05, 0) is 43.8 Å². The second kappa shape index (κ2) is 4.89. The van der Waals surface area contributed by atoms with E-state index >= 15 is 0 Å². The molecular weight excluding hydrogens is 266 g/mol. The smallest absolute Gasteiger partial charge is 0.190 e. The van der Waals surface area contributed by atoms with Gasteiger partial charge in [-0.3, -0.25) is 0 Å². The molecule has 0 aromatic heterocycles. The average Bonchev–Trinajstić information content (AvgIpc) is 2.77. The lowest BCUT2D eigenvalue weighted by molar-refractivity contribution is 0.389. The molecule has 0 radical (unpaired) electrons. The molecule has 0 aliphatic carbocycles. The Labute approximate surface area is 124 Å². The largest absolute Gasteiger partial charge is 0.338 e.